The van der Waals surface area contributed by atoms with E-state index in [1.54, 1.807) is 6.08 Å². The van der Waals surface area contributed by atoms with Crippen molar-refractivity contribution in [2.24, 2.45) is 0 Å². The van der Waals surface area contributed by atoms with Gasteiger partial charge < -0.3 is 14.2 Å². The number of rotatable bonds is 36. The van der Waals surface area contributed by atoms with Gasteiger partial charge in [-0.3, -0.25) is 14.4 Å². The van der Waals surface area contributed by atoms with Crippen molar-refractivity contribution in [2.45, 2.75) is 175 Å². The molecule has 0 aliphatic carbocycles. The second kappa shape index (κ2) is 42.1. The average molecular weight is 749 g/mol. The monoisotopic (exact) mass is 749 g/mol. The summed E-state index contributed by atoms with van der Waals surface area (Å²) in [5.74, 6) is -1.16. The molecular formula is C48H76O6. The van der Waals surface area contributed by atoms with Crippen molar-refractivity contribution in [1.29, 1.82) is 0 Å². The predicted octanol–water partition coefficient (Wildman–Crippen LogP) is 13.5. The number of allylic oxidation sites excluding steroid dienone is 15. The molecule has 0 bridgehead atoms. The molecule has 0 heterocycles. The van der Waals surface area contributed by atoms with Gasteiger partial charge in [0.25, 0.3) is 0 Å². The van der Waals surface area contributed by atoms with Gasteiger partial charge in [0.05, 0.1) is 6.42 Å². The third-order valence-electron chi connectivity index (χ3n) is 8.38. The number of carbonyl (C=O) groups excluding carboxylic acids is 3. The first-order valence-corrected chi connectivity index (χ1v) is 21.2. The zero-order chi connectivity index (χ0) is 39.4. The van der Waals surface area contributed by atoms with Gasteiger partial charge in [0.1, 0.15) is 13.2 Å². The van der Waals surface area contributed by atoms with Gasteiger partial charge in [0.15, 0.2) is 6.10 Å². The quantitative estimate of drug-likeness (QED) is 0.0275. The van der Waals surface area contributed by atoms with Crippen molar-refractivity contribution in [3.05, 3.63) is 97.2 Å². The molecule has 0 saturated heterocycles. The van der Waals surface area contributed by atoms with Crippen LogP contribution < -0.4 is 0 Å². The molecule has 0 aromatic carbocycles. The van der Waals surface area contributed by atoms with Crippen molar-refractivity contribution in [3.63, 3.8) is 0 Å². The number of hydrogen-bond donors (Lipinski definition) is 0. The summed E-state index contributed by atoms with van der Waals surface area (Å²) in [5, 5.41) is 0. The Morgan fingerprint density at radius 3 is 1.26 bits per heavy atom. The van der Waals surface area contributed by atoms with E-state index in [1.807, 2.05) is 18.2 Å². The van der Waals surface area contributed by atoms with Crippen molar-refractivity contribution in [3.8, 4) is 0 Å². The molecule has 0 saturated carbocycles. The molecule has 0 fully saturated rings. The Morgan fingerprint density at radius 1 is 0.407 bits per heavy atom. The molecule has 6 nitrogen and oxygen atoms in total. The molecule has 0 amide bonds. The van der Waals surface area contributed by atoms with Crippen LogP contribution in [0.15, 0.2) is 97.2 Å². The van der Waals surface area contributed by atoms with Gasteiger partial charge >= 0.3 is 17.9 Å². The van der Waals surface area contributed by atoms with Crippen molar-refractivity contribution < 1.29 is 28.6 Å². The highest BCUT2D eigenvalue weighted by Crippen LogP contribution is 2.13. The summed E-state index contributed by atoms with van der Waals surface area (Å²) in [7, 11) is 0. The Labute approximate surface area is 330 Å². The maximum atomic E-state index is 12.6. The Hall–Kier alpha value is -3.67. The standard InChI is InChI=1S/C48H76O6/c1-4-7-10-13-16-19-21-22-23-24-25-27-29-32-35-38-41-47(50)53-44-45(43-52-46(49)40-37-34-31-28-18-15-12-9-6-3)54-48(51)42-39-36-33-30-26-20-17-14-11-8-5-2/h7,9-10,12,16,18-19,22-23,25,27-28,32,34-35,37,45H,4-6,8,11,13-15,17,20-21,24,26,29-31,33,36,38-44H2,1-3H3/b10-7-,12-9-,19-16-,23-22-,27-25-,28-18-,35-32-,37-34-. The Balaban J connectivity index is 4.56. The van der Waals surface area contributed by atoms with Crippen LogP contribution in [0.3, 0.4) is 0 Å². The summed E-state index contributed by atoms with van der Waals surface area (Å²) in [6.45, 7) is 6.19. The smallest absolute Gasteiger partial charge is 0.309 e. The average Bonchev–Trinajstić information content (AvgIpc) is 3.17. The van der Waals surface area contributed by atoms with E-state index in [9.17, 15) is 14.4 Å². The van der Waals surface area contributed by atoms with Crippen LogP contribution in [-0.2, 0) is 28.6 Å². The Bertz CT molecular complexity index is 1140. The molecule has 54 heavy (non-hydrogen) atoms. The third kappa shape index (κ3) is 39.5. The highest BCUT2D eigenvalue weighted by Gasteiger charge is 2.19. The lowest BCUT2D eigenvalue weighted by atomic mass is 10.1. The molecule has 0 aromatic rings. The third-order valence-corrected chi connectivity index (χ3v) is 8.38. The number of unbranched alkanes of at least 4 members (excludes halogenated alkanes) is 10. The van der Waals surface area contributed by atoms with Crippen molar-refractivity contribution >= 4 is 17.9 Å². The molecule has 0 aliphatic rings. The molecule has 0 N–H and O–H groups in total. The van der Waals surface area contributed by atoms with Crippen LogP contribution >= 0.6 is 0 Å². The highest BCUT2D eigenvalue weighted by molar-refractivity contribution is 5.72. The fraction of sp³-hybridized carbons (Fsp3) is 0.604. The molecule has 1 atom stereocenters. The second-order valence-electron chi connectivity index (χ2n) is 13.5. The lowest BCUT2D eigenvalue weighted by Crippen LogP contribution is -2.30. The maximum Gasteiger partial charge on any atom is 0.309 e. The van der Waals surface area contributed by atoms with Crippen LogP contribution in [0.2, 0.25) is 0 Å². The van der Waals surface area contributed by atoms with Gasteiger partial charge in [0.2, 0.25) is 0 Å². The maximum absolute atomic E-state index is 12.6. The van der Waals surface area contributed by atoms with E-state index < -0.39 is 12.1 Å². The van der Waals surface area contributed by atoms with Crippen LogP contribution in [-0.4, -0.2) is 37.2 Å². The highest BCUT2D eigenvalue weighted by atomic mass is 16.6. The van der Waals surface area contributed by atoms with Gasteiger partial charge in [-0.2, -0.15) is 0 Å². The van der Waals surface area contributed by atoms with Crippen LogP contribution in [0, 0.1) is 0 Å². The number of esters is 3. The molecular weight excluding hydrogens is 673 g/mol. The minimum absolute atomic E-state index is 0.121. The zero-order valence-electron chi connectivity index (χ0n) is 34.4. The summed E-state index contributed by atoms with van der Waals surface area (Å²) < 4.78 is 16.5. The van der Waals surface area contributed by atoms with E-state index in [-0.39, 0.29) is 38.0 Å². The summed E-state index contributed by atoms with van der Waals surface area (Å²) in [6, 6.07) is 0. The molecule has 0 rings (SSSR count). The molecule has 0 radical (unpaired) electrons. The van der Waals surface area contributed by atoms with E-state index in [0.717, 1.165) is 70.6 Å². The molecule has 1 unspecified atom stereocenters. The first-order valence-electron chi connectivity index (χ1n) is 21.2. The first-order chi connectivity index (χ1) is 26.5. The SMILES string of the molecule is CC/C=C\C/C=C\C/C=C\C/C=C\C/C=C\CCC(=O)OCC(COC(=O)C/C=C\C/C=C\C/C=C\CC)OC(=O)CCCCCCCCCCCCC. The molecule has 0 aliphatic heterocycles. The molecule has 0 spiro atoms. The van der Waals surface area contributed by atoms with Crippen LogP contribution in [0.5, 0.6) is 0 Å². The second-order valence-corrected chi connectivity index (χ2v) is 13.5. The largest absolute Gasteiger partial charge is 0.462 e. The topological polar surface area (TPSA) is 78.9 Å². The fourth-order valence-electron chi connectivity index (χ4n) is 5.26. The zero-order valence-corrected chi connectivity index (χ0v) is 34.4. The molecule has 0 aromatic heterocycles. The van der Waals surface area contributed by atoms with E-state index in [1.165, 1.54) is 51.4 Å². The lowest BCUT2D eigenvalue weighted by molar-refractivity contribution is -0.166. The minimum atomic E-state index is -0.838. The van der Waals surface area contributed by atoms with Crippen LogP contribution in [0.1, 0.15) is 168 Å². The fourth-order valence-corrected chi connectivity index (χ4v) is 5.26. The number of ether oxygens (including phenoxy) is 3. The minimum Gasteiger partial charge on any atom is -0.462 e. The molecule has 6 heteroatoms. The summed E-state index contributed by atoms with van der Waals surface area (Å²) >= 11 is 0. The summed E-state index contributed by atoms with van der Waals surface area (Å²) in [4.78, 5) is 37.5. The van der Waals surface area contributed by atoms with E-state index >= 15 is 0 Å². The van der Waals surface area contributed by atoms with E-state index in [2.05, 4.69) is 93.7 Å². The normalized spacial score (nSPS) is 13.0. The lowest BCUT2D eigenvalue weighted by Gasteiger charge is -2.18. The van der Waals surface area contributed by atoms with E-state index in [0.29, 0.717) is 12.8 Å². The van der Waals surface area contributed by atoms with Gasteiger partial charge in [0, 0.05) is 12.8 Å². The van der Waals surface area contributed by atoms with Gasteiger partial charge in [-0.15, -0.1) is 0 Å². The summed E-state index contributed by atoms with van der Waals surface area (Å²) in [5.41, 5.74) is 0. The van der Waals surface area contributed by atoms with E-state index in [4.69, 9.17) is 14.2 Å². The Kier molecular flexibility index (Phi) is 39.2. The molecule has 304 valence electrons. The van der Waals surface area contributed by atoms with Crippen molar-refractivity contribution in [2.75, 3.05) is 13.2 Å². The van der Waals surface area contributed by atoms with Crippen molar-refractivity contribution in [1.82, 2.24) is 0 Å². The van der Waals surface area contributed by atoms with Gasteiger partial charge in [-0.25, -0.2) is 0 Å². The number of hydrogen-bond acceptors (Lipinski definition) is 6. The van der Waals surface area contributed by atoms with Crippen LogP contribution in [0.4, 0.5) is 0 Å². The van der Waals surface area contributed by atoms with Gasteiger partial charge in [-0.05, 0) is 64.2 Å². The van der Waals surface area contributed by atoms with Crippen LogP contribution in [0.25, 0.3) is 0 Å². The Morgan fingerprint density at radius 2 is 0.796 bits per heavy atom. The predicted molar refractivity (Wildman–Crippen MR) is 228 cm³/mol. The summed E-state index contributed by atoms with van der Waals surface area (Å²) in [6.07, 6.45) is 54.4. The first kappa shape index (κ1) is 50.3. The van der Waals surface area contributed by atoms with Gasteiger partial charge in [-0.1, -0.05) is 182 Å². The number of carbonyl (C=O) groups is 3.